The van der Waals surface area contributed by atoms with Gasteiger partial charge in [-0.15, -0.1) is 0 Å². The van der Waals surface area contributed by atoms with Crippen molar-refractivity contribution in [1.82, 2.24) is 41.3 Å². The summed E-state index contributed by atoms with van der Waals surface area (Å²) in [5.74, 6) is -9.02. The molecule has 2 bridgehead atoms. The summed E-state index contributed by atoms with van der Waals surface area (Å²) in [6.45, 7) is 3.13. The van der Waals surface area contributed by atoms with Crippen LogP contribution in [-0.4, -0.2) is 166 Å². The molecule has 73 heavy (non-hydrogen) atoms. The van der Waals surface area contributed by atoms with E-state index < -0.39 is 133 Å². The molecule has 4 aliphatic heterocycles. The zero-order chi connectivity index (χ0) is 53.4. The second-order valence-electron chi connectivity index (χ2n) is 18.6. The molecule has 4 saturated heterocycles. The molecule has 396 valence electrons. The van der Waals surface area contributed by atoms with Gasteiger partial charge in [0.2, 0.25) is 65.0 Å². The normalized spacial score (nSPS) is 24.0. The first kappa shape index (κ1) is 57.2. The first-order valence-corrected chi connectivity index (χ1v) is 26.6. The van der Waals surface area contributed by atoms with E-state index in [1.54, 1.807) is 60.7 Å². The van der Waals surface area contributed by atoms with Crippen molar-refractivity contribution < 1.29 is 52.7 Å². The van der Waals surface area contributed by atoms with Crippen LogP contribution in [0, 0.1) is 5.92 Å². The highest BCUT2D eigenvalue weighted by atomic mass is 33.1. The van der Waals surface area contributed by atoms with Crippen molar-refractivity contribution in [2.75, 3.05) is 37.7 Å². The quantitative estimate of drug-likeness (QED) is 0.0577. The second kappa shape index (κ2) is 27.4. The molecule has 6 rings (SSSR count). The number of hydrogen-bond donors (Lipinski definition) is 9. The van der Waals surface area contributed by atoms with Gasteiger partial charge in [-0.25, -0.2) is 0 Å². The Labute approximate surface area is 430 Å². The molecule has 4 heterocycles. The van der Waals surface area contributed by atoms with E-state index in [4.69, 9.17) is 22.9 Å². The van der Waals surface area contributed by atoms with Gasteiger partial charge in [0.1, 0.15) is 42.3 Å². The zero-order valence-electron chi connectivity index (χ0n) is 40.8. The summed E-state index contributed by atoms with van der Waals surface area (Å²) in [5, 5.41) is 12.8. The largest absolute Gasteiger partial charge is 0.370 e. The predicted octanol–water partition coefficient (Wildman–Crippen LogP) is -2.68. The van der Waals surface area contributed by atoms with Gasteiger partial charge in [0, 0.05) is 50.4 Å². The number of nitrogens with zero attached hydrogens (tertiary/aromatic N) is 3. The molecular formula is C48H66N12O11S2. The molecule has 13 N–H and O–H groups in total. The average Bonchev–Trinajstić information content (AvgIpc) is 3.85. The fourth-order valence-corrected chi connectivity index (χ4v) is 11.1. The number of benzene rings is 2. The Bertz CT molecular complexity index is 2350. The summed E-state index contributed by atoms with van der Waals surface area (Å²) in [6.07, 6.45) is -0.812. The number of fused-ring (bicyclic) bond motifs is 17. The molecule has 0 radical (unpaired) electrons. The summed E-state index contributed by atoms with van der Waals surface area (Å²) in [5.41, 5.74) is 24.2. The van der Waals surface area contributed by atoms with E-state index in [2.05, 4.69) is 26.6 Å². The fourth-order valence-electron chi connectivity index (χ4n) is 8.84. The van der Waals surface area contributed by atoms with Crippen molar-refractivity contribution in [3.63, 3.8) is 0 Å². The second-order valence-corrected chi connectivity index (χ2v) is 21.1. The number of amides is 11. The van der Waals surface area contributed by atoms with Gasteiger partial charge < -0.3 is 64.2 Å². The lowest BCUT2D eigenvalue weighted by atomic mass is 9.96. The summed E-state index contributed by atoms with van der Waals surface area (Å²) in [7, 11) is 2.16. The van der Waals surface area contributed by atoms with Crippen LogP contribution in [0.2, 0.25) is 0 Å². The molecule has 0 aromatic heterocycles. The number of primary amides is 3. The van der Waals surface area contributed by atoms with Gasteiger partial charge in [0.25, 0.3) is 0 Å². The molecule has 23 nitrogen and oxygen atoms in total. The van der Waals surface area contributed by atoms with Crippen LogP contribution in [0.1, 0.15) is 63.5 Å². The average molecular weight is 1050 g/mol. The Morgan fingerprint density at radius 3 is 1.86 bits per heavy atom. The van der Waals surface area contributed by atoms with E-state index >= 15 is 0 Å². The zero-order valence-corrected chi connectivity index (χ0v) is 42.5. The summed E-state index contributed by atoms with van der Waals surface area (Å²) >= 11 is 0. The monoisotopic (exact) mass is 1050 g/mol. The number of carbonyl (C=O) groups is 11. The van der Waals surface area contributed by atoms with E-state index in [1.165, 1.54) is 14.7 Å². The fraction of sp³-hybridized carbons (Fsp3) is 0.521. The maximum atomic E-state index is 14.9. The highest BCUT2D eigenvalue weighted by Crippen LogP contribution is 2.28. The molecule has 0 unspecified atom stereocenters. The lowest BCUT2D eigenvalue weighted by Gasteiger charge is -2.44. The SMILES string of the molecule is CC(C)C[C@H](NC(=O)[C@@H]1CCCN1C(=O)[C@H]1CSSC[C@@H](N)C(=O)N2CCN(C(=O)[C@@H]2Cc2ccccc2)[C@@H](Cc2ccccc2)C(=O)N[C@@H](CCC(N)=O)C(=O)N[C@@H](CC(N)=O)C(=O)N1)C(=O)NCC(N)=O. The number of likely N-dealkylation sites (tertiary alicyclic amines) is 1. The van der Waals surface area contributed by atoms with Gasteiger partial charge >= 0.3 is 0 Å². The minimum absolute atomic E-state index is 0.0179. The van der Waals surface area contributed by atoms with Crippen LogP contribution in [-0.2, 0) is 65.6 Å². The Kier molecular flexibility index (Phi) is 21.4. The van der Waals surface area contributed by atoms with E-state index in [0.717, 1.165) is 27.2 Å². The number of hydrogen-bond acceptors (Lipinski definition) is 14. The molecule has 4 fully saturated rings. The van der Waals surface area contributed by atoms with Gasteiger partial charge in [-0.1, -0.05) is 96.1 Å². The first-order valence-electron chi connectivity index (χ1n) is 24.1. The van der Waals surface area contributed by atoms with Crippen molar-refractivity contribution in [3.05, 3.63) is 71.8 Å². The van der Waals surface area contributed by atoms with Crippen LogP contribution >= 0.6 is 21.6 Å². The number of nitrogens with two attached hydrogens (primary N) is 4. The van der Waals surface area contributed by atoms with Crippen molar-refractivity contribution in [2.45, 2.75) is 114 Å². The maximum Gasteiger partial charge on any atom is 0.246 e. The maximum absolute atomic E-state index is 14.9. The summed E-state index contributed by atoms with van der Waals surface area (Å²) in [6, 6.07) is 7.26. The van der Waals surface area contributed by atoms with E-state index in [-0.39, 0.29) is 69.2 Å². The summed E-state index contributed by atoms with van der Waals surface area (Å²) < 4.78 is 0. The molecule has 0 spiro atoms. The Morgan fingerprint density at radius 1 is 0.699 bits per heavy atom. The molecule has 2 aromatic rings. The van der Waals surface area contributed by atoms with Crippen LogP contribution in [0.15, 0.2) is 60.7 Å². The molecular weight excluding hydrogens is 985 g/mol. The third-order valence-electron chi connectivity index (χ3n) is 12.5. The third kappa shape index (κ3) is 16.7. The van der Waals surface area contributed by atoms with Crippen LogP contribution in [0.3, 0.4) is 0 Å². The van der Waals surface area contributed by atoms with Crippen LogP contribution in [0.5, 0.6) is 0 Å². The first-order chi connectivity index (χ1) is 34.7. The highest BCUT2D eigenvalue weighted by molar-refractivity contribution is 8.76. The number of rotatable bonds is 17. The number of nitrogens with one attached hydrogen (secondary N) is 5. The van der Waals surface area contributed by atoms with Crippen LogP contribution in [0.4, 0.5) is 0 Å². The Morgan fingerprint density at radius 2 is 1.27 bits per heavy atom. The smallest absolute Gasteiger partial charge is 0.246 e. The lowest BCUT2D eigenvalue weighted by molar-refractivity contribution is -0.156. The van der Waals surface area contributed by atoms with E-state index in [1.807, 2.05) is 13.8 Å². The third-order valence-corrected chi connectivity index (χ3v) is 14.9. The van der Waals surface area contributed by atoms with Crippen LogP contribution < -0.4 is 49.5 Å². The van der Waals surface area contributed by atoms with E-state index in [0.29, 0.717) is 12.0 Å². The van der Waals surface area contributed by atoms with Crippen molar-refractivity contribution in [2.24, 2.45) is 28.9 Å². The molecule has 0 aliphatic carbocycles. The van der Waals surface area contributed by atoms with E-state index in [9.17, 15) is 52.7 Å². The molecule has 4 aliphatic rings. The Hall–Kier alpha value is -6.73. The van der Waals surface area contributed by atoms with Gasteiger partial charge in [-0.3, -0.25) is 52.7 Å². The van der Waals surface area contributed by atoms with Crippen LogP contribution in [0.25, 0.3) is 0 Å². The van der Waals surface area contributed by atoms with Gasteiger partial charge in [0.05, 0.1) is 19.0 Å². The Balaban J connectivity index is 1.51. The number of carbonyl (C=O) groups excluding carboxylic acids is 11. The number of piperazine rings is 1. The molecule has 8 atom stereocenters. The van der Waals surface area contributed by atoms with Gasteiger partial charge in [-0.2, -0.15) is 0 Å². The lowest BCUT2D eigenvalue weighted by Crippen LogP contribution is -2.66. The van der Waals surface area contributed by atoms with Gasteiger partial charge in [0.15, 0.2) is 0 Å². The topological polar surface area (TPSA) is 362 Å². The molecule has 0 saturated carbocycles. The molecule has 2 aromatic carbocycles. The predicted molar refractivity (Wildman–Crippen MR) is 271 cm³/mol. The molecule has 11 amide bonds. The minimum atomic E-state index is -1.75. The van der Waals surface area contributed by atoms with Crippen molar-refractivity contribution in [1.29, 1.82) is 0 Å². The van der Waals surface area contributed by atoms with Gasteiger partial charge in [-0.05, 0) is 42.7 Å². The van der Waals surface area contributed by atoms with Crippen molar-refractivity contribution >= 4 is 86.6 Å². The molecule has 25 heteroatoms. The summed E-state index contributed by atoms with van der Waals surface area (Å²) in [4.78, 5) is 154. The highest BCUT2D eigenvalue weighted by Gasteiger charge is 2.45. The standard InChI is InChI=1S/C48H66N12O11S2/c1-27(2)20-32(41(64)53-24-40(52)63)56-44(67)35-14-9-17-58(35)47(70)34-26-73-72-25-30(49)46(69)60-19-18-59(48(71)37(60)22-29-12-7-4-8-13-29)36(21-28-10-5-3-6-11-28)45(68)54-31(15-16-38(50)61)42(65)55-33(23-39(51)62)43(66)57-34/h3-8,10-13,27,30-37H,9,14-26,49H2,1-2H3,(H2,50,61)(H2,51,62)(H2,52,63)(H,53,64)(H,54,68)(H,55,65)(H,56,67)(H,57,66)/t30-,31+,32+,33+,34-,35+,36+,37+/m1/s1. The van der Waals surface area contributed by atoms with Crippen molar-refractivity contribution in [3.8, 4) is 0 Å². The minimum Gasteiger partial charge on any atom is -0.370 e.